The molecule has 1 atom stereocenters. The number of benzene rings is 3. The van der Waals surface area contributed by atoms with Crippen LogP contribution in [0.4, 0.5) is 5.69 Å². The molecule has 1 aliphatic rings. The van der Waals surface area contributed by atoms with Crippen LogP contribution in [-0.4, -0.2) is 24.2 Å². The van der Waals surface area contributed by atoms with Crippen molar-refractivity contribution in [2.45, 2.75) is 19.9 Å². The van der Waals surface area contributed by atoms with Gasteiger partial charge in [-0.2, -0.15) is 0 Å². The average Bonchev–Trinajstić information content (AvgIpc) is 3.23. The van der Waals surface area contributed by atoms with Gasteiger partial charge >= 0.3 is 0 Å². The molecule has 0 radical (unpaired) electrons. The standard InChI is InChI=1S/C30H27N3O4S/c1-4-37-24-14-10-20(11-15-24)18-25-29(35)33-27(21-12-16-23(36-3)17-13-21)26(19(2)31-30(33)38-25)28(34)32-22-8-6-5-7-9-22/h5-18,27H,4H2,1-3H3,(H,32,34)/b25-18+. The van der Waals surface area contributed by atoms with Gasteiger partial charge in [-0.1, -0.05) is 53.8 Å². The van der Waals surface area contributed by atoms with E-state index in [1.807, 2.05) is 91.9 Å². The van der Waals surface area contributed by atoms with Crippen molar-refractivity contribution in [3.63, 3.8) is 0 Å². The molecule has 3 aromatic carbocycles. The summed E-state index contributed by atoms with van der Waals surface area (Å²) >= 11 is 1.31. The summed E-state index contributed by atoms with van der Waals surface area (Å²) in [5, 5.41) is 2.96. The summed E-state index contributed by atoms with van der Waals surface area (Å²) < 4.78 is 13.0. The van der Waals surface area contributed by atoms with Gasteiger partial charge in [0.25, 0.3) is 11.5 Å². The molecule has 1 aliphatic heterocycles. The number of ether oxygens (including phenoxy) is 2. The van der Waals surface area contributed by atoms with Gasteiger partial charge in [0.05, 0.1) is 35.6 Å². The van der Waals surface area contributed by atoms with Crippen LogP contribution in [0.3, 0.4) is 0 Å². The Hall–Kier alpha value is -4.43. The van der Waals surface area contributed by atoms with E-state index in [2.05, 4.69) is 5.32 Å². The maximum atomic E-state index is 13.8. The summed E-state index contributed by atoms with van der Waals surface area (Å²) in [7, 11) is 1.60. The van der Waals surface area contributed by atoms with Crippen LogP contribution in [0.5, 0.6) is 11.5 Å². The van der Waals surface area contributed by atoms with Crippen molar-refractivity contribution in [1.82, 2.24) is 4.57 Å². The largest absolute Gasteiger partial charge is 0.497 e. The van der Waals surface area contributed by atoms with Crippen molar-refractivity contribution in [3.8, 4) is 11.5 Å². The highest BCUT2D eigenvalue weighted by atomic mass is 32.1. The number of anilines is 1. The summed E-state index contributed by atoms with van der Waals surface area (Å²) in [6.07, 6.45) is 1.84. The van der Waals surface area contributed by atoms with E-state index in [1.54, 1.807) is 18.6 Å². The van der Waals surface area contributed by atoms with E-state index in [0.29, 0.717) is 38.6 Å². The zero-order valence-corrected chi connectivity index (χ0v) is 22.1. The van der Waals surface area contributed by atoms with Gasteiger partial charge in [0.15, 0.2) is 4.80 Å². The van der Waals surface area contributed by atoms with Crippen LogP contribution in [0.25, 0.3) is 6.08 Å². The van der Waals surface area contributed by atoms with Crippen LogP contribution in [0.15, 0.2) is 99.9 Å². The molecule has 4 aromatic rings. The number of hydrogen-bond acceptors (Lipinski definition) is 6. The van der Waals surface area contributed by atoms with Crippen LogP contribution < -0.4 is 29.7 Å². The molecule has 5 rings (SSSR count). The number of nitrogens with one attached hydrogen (secondary N) is 1. The molecule has 38 heavy (non-hydrogen) atoms. The van der Waals surface area contributed by atoms with Gasteiger partial charge in [0.2, 0.25) is 0 Å². The lowest BCUT2D eigenvalue weighted by molar-refractivity contribution is -0.113. The number of aromatic nitrogens is 1. The lowest BCUT2D eigenvalue weighted by atomic mass is 9.95. The number of methoxy groups -OCH3 is 1. The van der Waals surface area contributed by atoms with Crippen LogP contribution >= 0.6 is 11.3 Å². The van der Waals surface area contributed by atoms with E-state index in [1.165, 1.54) is 11.3 Å². The number of allylic oxidation sites excluding steroid dienone is 1. The number of thiazole rings is 1. The number of rotatable bonds is 7. The van der Waals surface area contributed by atoms with E-state index >= 15 is 0 Å². The molecule has 1 aromatic heterocycles. The molecule has 0 saturated heterocycles. The molecule has 0 bridgehead atoms. The Bertz CT molecular complexity index is 1670. The van der Waals surface area contributed by atoms with Gasteiger partial charge in [-0.3, -0.25) is 14.2 Å². The van der Waals surface area contributed by atoms with E-state index < -0.39 is 6.04 Å². The van der Waals surface area contributed by atoms with Crippen molar-refractivity contribution in [2.24, 2.45) is 4.99 Å². The normalized spacial score (nSPS) is 15.0. The van der Waals surface area contributed by atoms with Crippen molar-refractivity contribution >= 4 is 29.0 Å². The number of carbonyl (C=O) groups excluding carboxylic acids is 1. The number of fused-ring (bicyclic) bond motifs is 1. The SMILES string of the molecule is CCOc1ccc(/C=c2/sc3n(c2=O)C(c2ccc(OC)cc2)C(C(=O)Nc2ccccc2)=C(C)N=3)cc1. The number of amides is 1. The third-order valence-corrected chi connectivity index (χ3v) is 7.20. The second kappa shape index (κ2) is 10.9. The molecular formula is C30H27N3O4S. The molecule has 192 valence electrons. The highest BCUT2D eigenvalue weighted by Crippen LogP contribution is 2.31. The first-order chi connectivity index (χ1) is 18.5. The molecule has 7 nitrogen and oxygen atoms in total. The zero-order valence-electron chi connectivity index (χ0n) is 21.3. The lowest BCUT2D eigenvalue weighted by Crippen LogP contribution is -2.40. The topological polar surface area (TPSA) is 81.9 Å². The number of carbonyl (C=O) groups is 1. The Morgan fingerprint density at radius 3 is 2.37 bits per heavy atom. The summed E-state index contributed by atoms with van der Waals surface area (Å²) in [5.74, 6) is 1.15. The van der Waals surface area contributed by atoms with Crippen LogP contribution in [0.2, 0.25) is 0 Å². The van der Waals surface area contributed by atoms with Crippen LogP contribution in [-0.2, 0) is 4.79 Å². The molecule has 1 N–H and O–H groups in total. The summed E-state index contributed by atoms with van der Waals surface area (Å²) in [6.45, 7) is 4.33. The van der Waals surface area contributed by atoms with E-state index in [-0.39, 0.29) is 11.5 Å². The monoisotopic (exact) mass is 525 g/mol. The van der Waals surface area contributed by atoms with Gasteiger partial charge in [-0.05, 0) is 67.4 Å². The fourth-order valence-electron chi connectivity index (χ4n) is 4.41. The van der Waals surface area contributed by atoms with Crippen molar-refractivity contribution < 1.29 is 14.3 Å². The maximum absolute atomic E-state index is 13.8. The van der Waals surface area contributed by atoms with Gasteiger partial charge in [0, 0.05) is 5.69 Å². The fraction of sp³-hybridized carbons (Fsp3) is 0.167. The molecule has 1 unspecified atom stereocenters. The van der Waals surface area contributed by atoms with E-state index in [9.17, 15) is 9.59 Å². The van der Waals surface area contributed by atoms with Gasteiger partial charge < -0.3 is 14.8 Å². The highest BCUT2D eigenvalue weighted by Gasteiger charge is 2.32. The van der Waals surface area contributed by atoms with Crippen molar-refractivity contribution in [3.05, 3.63) is 121 Å². The average molecular weight is 526 g/mol. The number of hydrogen-bond donors (Lipinski definition) is 1. The van der Waals surface area contributed by atoms with Crippen molar-refractivity contribution in [1.29, 1.82) is 0 Å². The Morgan fingerprint density at radius 1 is 1.03 bits per heavy atom. The minimum atomic E-state index is -0.650. The van der Waals surface area contributed by atoms with E-state index in [0.717, 1.165) is 16.9 Å². The van der Waals surface area contributed by atoms with Crippen molar-refractivity contribution in [2.75, 3.05) is 19.0 Å². The minimum absolute atomic E-state index is 0.207. The van der Waals surface area contributed by atoms with Gasteiger partial charge in [0.1, 0.15) is 11.5 Å². The Labute approximate surface area is 224 Å². The van der Waals surface area contributed by atoms with Crippen LogP contribution in [0, 0.1) is 0 Å². The third-order valence-electron chi connectivity index (χ3n) is 6.22. The van der Waals surface area contributed by atoms with Gasteiger partial charge in [-0.15, -0.1) is 0 Å². The quantitative estimate of drug-likeness (QED) is 0.391. The molecular weight excluding hydrogens is 498 g/mol. The predicted molar refractivity (Wildman–Crippen MR) is 149 cm³/mol. The maximum Gasteiger partial charge on any atom is 0.271 e. The fourth-order valence-corrected chi connectivity index (χ4v) is 5.46. The molecule has 0 spiro atoms. The first-order valence-electron chi connectivity index (χ1n) is 12.2. The third kappa shape index (κ3) is 5.03. The number of nitrogens with zero attached hydrogens (tertiary/aromatic N) is 2. The summed E-state index contributed by atoms with van der Waals surface area (Å²) in [5.41, 5.74) is 3.09. The smallest absolute Gasteiger partial charge is 0.271 e. The number of para-hydroxylation sites is 1. The predicted octanol–water partition coefficient (Wildman–Crippen LogP) is 4.28. The van der Waals surface area contributed by atoms with E-state index in [4.69, 9.17) is 14.5 Å². The first-order valence-corrected chi connectivity index (χ1v) is 13.1. The van der Waals surface area contributed by atoms with Crippen LogP contribution in [0.1, 0.15) is 31.0 Å². The zero-order chi connectivity index (χ0) is 26.6. The highest BCUT2D eigenvalue weighted by molar-refractivity contribution is 7.07. The Balaban J connectivity index is 1.63. The second-order valence-electron chi connectivity index (χ2n) is 8.68. The molecule has 8 heteroatoms. The molecule has 0 saturated carbocycles. The molecule has 2 heterocycles. The summed E-state index contributed by atoms with van der Waals surface area (Å²) in [6, 6.07) is 23.6. The Kier molecular flexibility index (Phi) is 7.24. The Morgan fingerprint density at radius 2 is 1.71 bits per heavy atom. The summed E-state index contributed by atoms with van der Waals surface area (Å²) in [4.78, 5) is 32.6. The lowest BCUT2D eigenvalue weighted by Gasteiger charge is -2.25. The molecule has 0 fully saturated rings. The van der Waals surface area contributed by atoms with Gasteiger partial charge in [-0.25, -0.2) is 4.99 Å². The minimum Gasteiger partial charge on any atom is -0.497 e. The second-order valence-corrected chi connectivity index (χ2v) is 9.69. The molecule has 1 amide bonds. The molecule has 0 aliphatic carbocycles. The first kappa shape index (κ1) is 25.2.